The van der Waals surface area contributed by atoms with Gasteiger partial charge in [-0.15, -0.1) is 0 Å². The fraction of sp³-hybridized carbons (Fsp3) is 0.240. The highest BCUT2D eigenvalue weighted by Gasteiger charge is 2.21. The summed E-state index contributed by atoms with van der Waals surface area (Å²) in [6.07, 6.45) is 3.22. The van der Waals surface area contributed by atoms with E-state index in [1.807, 2.05) is 6.92 Å². The van der Waals surface area contributed by atoms with Gasteiger partial charge in [0, 0.05) is 24.2 Å². The van der Waals surface area contributed by atoms with Crippen LogP contribution in [0.4, 0.5) is 4.39 Å². The highest BCUT2D eigenvalue weighted by Crippen LogP contribution is 2.27. The van der Waals surface area contributed by atoms with E-state index in [1.165, 1.54) is 6.07 Å². The average molecular weight is 540 g/mol. The summed E-state index contributed by atoms with van der Waals surface area (Å²) in [4.78, 5) is 30.2. The number of aryl methyl sites for hydroxylation is 2. The van der Waals surface area contributed by atoms with Crippen LogP contribution in [0.25, 0.3) is 17.1 Å². The van der Waals surface area contributed by atoms with E-state index in [1.54, 1.807) is 68.1 Å². The number of rotatable bonds is 6. The van der Waals surface area contributed by atoms with Crippen molar-refractivity contribution in [2.75, 3.05) is 0 Å². The Labute approximate surface area is 209 Å². The Morgan fingerprint density at radius 1 is 1.11 bits per heavy atom. The summed E-state index contributed by atoms with van der Waals surface area (Å²) >= 11 is 3.35. The van der Waals surface area contributed by atoms with E-state index >= 15 is 0 Å². The fourth-order valence-electron chi connectivity index (χ4n) is 3.46. The summed E-state index contributed by atoms with van der Waals surface area (Å²) < 4.78 is 20.9. The minimum absolute atomic E-state index is 0.00887. The van der Waals surface area contributed by atoms with Crippen molar-refractivity contribution in [2.24, 2.45) is 0 Å². The standard InChI is InChI=1S/C25H23BrFN5O3/c1-14-12-29-18(17-8-9-28-24(31-17)25(3,4)34)11-19(14)32-15(2)10-20(22(26)23(32)33)35-13-16-6-5-7-21(27)30-16/h5-12,34H,13H2,1-4H3. The first-order chi connectivity index (χ1) is 16.5. The lowest BCUT2D eigenvalue weighted by molar-refractivity contribution is 0.0688. The second-order valence-electron chi connectivity index (χ2n) is 8.53. The molecule has 0 spiro atoms. The summed E-state index contributed by atoms with van der Waals surface area (Å²) in [5.41, 5.74) is 1.94. The molecule has 0 aromatic carbocycles. The summed E-state index contributed by atoms with van der Waals surface area (Å²) in [7, 11) is 0. The Balaban J connectivity index is 1.72. The molecule has 4 rings (SSSR count). The van der Waals surface area contributed by atoms with Crippen LogP contribution in [0.3, 0.4) is 0 Å². The Hall–Kier alpha value is -3.50. The van der Waals surface area contributed by atoms with E-state index < -0.39 is 11.5 Å². The quantitative estimate of drug-likeness (QED) is 0.362. The zero-order valence-corrected chi connectivity index (χ0v) is 21.2. The average Bonchev–Trinajstić information content (AvgIpc) is 2.81. The van der Waals surface area contributed by atoms with Crippen molar-refractivity contribution in [3.8, 4) is 22.8 Å². The smallest absolute Gasteiger partial charge is 0.273 e. The highest BCUT2D eigenvalue weighted by atomic mass is 79.9. The second-order valence-corrected chi connectivity index (χ2v) is 9.32. The molecule has 0 unspecified atom stereocenters. The Morgan fingerprint density at radius 3 is 2.60 bits per heavy atom. The second kappa shape index (κ2) is 9.63. The number of pyridine rings is 3. The van der Waals surface area contributed by atoms with Gasteiger partial charge in [0.05, 0.1) is 22.8 Å². The lowest BCUT2D eigenvalue weighted by Crippen LogP contribution is -2.23. The van der Waals surface area contributed by atoms with Gasteiger partial charge in [-0.3, -0.25) is 14.3 Å². The maximum atomic E-state index is 13.4. The molecule has 4 aromatic heterocycles. The molecular weight excluding hydrogens is 517 g/mol. The van der Waals surface area contributed by atoms with Crippen LogP contribution in [0.1, 0.15) is 36.6 Å². The molecule has 8 nitrogen and oxygen atoms in total. The van der Waals surface area contributed by atoms with Crippen LogP contribution in [0, 0.1) is 19.8 Å². The Kier molecular flexibility index (Phi) is 6.77. The molecule has 0 aliphatic heterocycles. The Morgan fingerprint density at radius 2 is 1.89 bits per heavy atom. The van der Waals surface area contributed by atoms with Gasteiger partial charge in [0.2, 0.25) is 5.95 Å². The van der Waals surface area contributed by atoms with Crippen molar-refractivity contribution in [3.05, 3.63) is 92.3 Å². The number of hydrogen-bond acceptors (Lipinski definition) is 7. The van der Waals surface area contributed by atoms with E-state index in [4.69, 9.17) is 4.74 Å². The highest BCUT2D eigenvalue weighted by molar-refractivity contribution is 9.10. The van der Waals surface area contributed by atoms with E-state index in [0.717, 1.165) is 5.56 Å². The van der Waals surface area contributed by atoms with Gasteiger partial charge in [-0.2, -0.15) is 4.39 Å². The molecule has 4 heterocycles. The lowest BCUT2D eigenvalue weighted by Gasteiger charge is -2.18. The molecule has 0 amide bonds. The molecule has 0 aliphatic carbocycles. The molecule has 0 atom stereocenters. The molecule has 0 bridgehead atoms. The van der Waals surface area contributed by atoms with Gasteiger partial charge in [0.15, 0.2) is 5.82 Å². The van der Waals surface area contributed by atoms with E-state index in [0.29, 0.717) is 34.2 Å². The largest absolute Gasteiger partial charge is 0.486 e. The fourth-order valence-corrected chi connectivity index (χ4v) is 3.86. The van der Waals surface area contributed by atoms with Crippen LogP contribution in [-0.4, -0.2) is 29.6 Å². The van der Waals surface area contributed by atoms with E-state index in [-0.39, 0.29) is 22.5 Å². The van der Waals surface area contributed by atoms with Crippen LogP contribution >= 0.6 is 15.9 Å². The third-order valence-corrected chi connectivity index (χ3v) is 5.96. The van der Waals surface area contributed by atoms with Gasteiger partial charge < -0.3 is 9.84 Å². The maximum absolute atomic E-state index is 13.4. The monoisotopic (exact) mass is 539 g/mol. The van der Waals surface area contributed by atoms with Crippen LogP contribution in [-0.2, 0) is 12.2 Å². The minimum Gasteiger partial charge on any atom is -0.486 e. The van der Waals surface area contributed by atoms with Crippen molar-refractivity contribution >= 4 is 15.9 Å². The summed E-state index contributed by atoms with van der Waals surface area (Å²) in [5.74, 6) is -0.00393. The number of ether oxygens (including phenoxy) is 1. The van der Waals surface area contributed by atoms with Gasteiger partial charge in [-0.25, -0.2) is 15.0 Å². The zero-order chi connectivity index (χ0) is 25.3. The normalized spacial score (nSPS) is 11.5. The number of nitrogens with zero attached hydrogens (tertiary/aromatic N) is 5. The molecule has 35 heavy (non-hydrogen) atoms. The summed E-state index contributed by atoms with van der Waals surface area (Å²) in [6, 6.07) is 9.63. The van der Waals surface area contributed by atoms with Crippen LogP contribution < -0.4 is 10.3 Å². The van der Waals surface area contributed by atoms with Crippen molar-refractivity contribution in [1.82, 2.24) is 24.5 Å². The van der Waals surface area contributed by atoms with E-state index in [2.05, 4.69) is 35.9 Å². The predicted octanol–water partition coefficient (Wildman–Crippen LogP) is 4.41. The first kappa shape index (κ1) is 24.6. The van der Waals surface area contributed by atoms with Crippen molar-refractivity contribution in [2.45, 2.75) is 39.9 Å². The van der Waals surface area contributed by atoms with E-state index in [9.17, 15) is 14.3 Å². The third-order valence-electron chi connectivity index (χ3n) is 5.23. The van der Waals surface area contributed by atoms with Gasteiger partial charge in [-0.1, -0.05) is 6.07 Å². The van der Waals surface area contributed by atoms with Crippen LogP contribution in [0.5, 0.6) is 5.75 Å². The minimum atomic E-state index is -1.21. The molecule has 4 aromatic rings. The lowest BCUT2D eigenvalue weighted by atomic mass is 10.1. The topological polar surface area (TPSA) is 103 Å². The number of halogens is 2. The van der Waals surface area contributed by atoms with Crippen molar-refractivity contribution in [3.63, 3.8) is 0 Å². The third kappa shape index (κ3) is 5.28. The van der Waals surface area contributed by atoms with Gasteiger partial charge >= 0.3 is 0 Å². The molecule has 1 N–H and O–H groups in total. The predicted molar refractivity (Wildman–Crippen MR) is 132 cm³/mol. The molecule has 0 saturated carbocycles. The molecule has 180 valence electrons. The van der Waals surface area contributed by atoms with Gasteiger partial charge in [-0.05, 0) is 73.5 Å². The molecule has 0 fully saturated rings. The molecule has 0 radical (unpaired) electrons. The zero-order valence-electron chi connectivity index (χ0n) is 19.6. The SMILES string of the molecule is Cc1cnc(-c2ccnc(C(C)(C)O)n2)cc1-n1c(C)cc(OCc2cccc(F)n2)c(Br)c1=O. The van der Waals surface area contributed by atoms with Gasteiger partial charge in [0.1, 0.15) is 22.4 Å². The first-order valence-corrected chi connectivity index (χ1v) is 11.5. The number of aliphatic hydroxyl groups is 1. The Bertz CT molecular complexity index is 1470. The summed E-state index contributed by atoms with van der Waals surface area (Å²) in [6.45, 7) is 6.87. The van der Waals surface area contributed by atoms with Crippen molar-refractivity contribution < 1.29 is 14.2 Å². The van der Waals surface area contributed by atoms with Crippen molar-refractivity contribution in [1.29, 1.82) is 0 Å². The molecule has 10 heteroatoms. The summed E-state index contributed by atoms with van der Waals surface area (Å²) in [5, 5.41) is 10.3. The number of aromatic nitrogens is 5. The van der Waals surface area contributed by atoms with Crippen LogP contribution in [0.15, 0.2) is 58.1 Å². The number of hydrogen-bond donors (Lipinski definition) is 1. The van der Waals surface area contributed by atoms with Crippen LogP contribution in [0.2, 0.25) is 0 Å². The first-order valence-electron chi connectivity index (χ1n) is 10.7. The maximum Gasteiger partial charge on any atom is 0.273 e. The molecule has 0 saturated heterocycles. The molecular formula is C25H23BrFN5O3. The van der Waals surface area contributed by atoms with Gasteiger partial charge in [0.25, 0.3) is 5.56 Å². The molecule has 0 aliphatic rings.